The second-order valence-corrected chi connectivity index (χ2v) is 15.5. The highest BCUT2D eigenvalue weighted by molar-refractivity contribution is 7.26. The third-order valence-corrected chi connectivity index (χ3v) is 12.5. The van der Waals surface area contributed by atoms with Crippen LogP contribution in [0.15, 0.2) is 212 Å². The number of anilines is 3. The van der Waals surface area contributed by atoms with E-state index in [9.17, 15) is 0 Å². The maximum Gasteiger partial charge on any atom is 0.0468 e. The van der Waals surface area contributed by atoms with Crippen LogP contribution in [0.5, 0.6) is 0 Å². The lowest BCUT2D eigenvalue weighted by Gasteiger charge is -2.27. The van der Waals surface area contributed by atoms with Crippen LogP contribution in [0.25, 0.3) is 85.9 Å². The summed E-state index contributed by atoms with van der Waals surface area (Å²) in [7, 11) is 0. The summed E-state index contributed by atoms with van der Waals surface area (Å²) in [6.45, 7) is 0. The lowest BCUT2D eigenvalue weighted by Crippen LogP contribution is -2.10. The molecule has 0 fully saturated rings. The van der Waals surface area contributed by atoms with Gasteiger partial charge in [-0.25, -0.2) is 0 Å². The van der Waals surface area contributed by atoms with Crippen LogP contribution in [0, 0.1) is 0 Å². The second-order valence-electron chi connectivity index (χ2n) is 14.4. The standard InChI is InChI=1S/C54H35NS/c1-2-13-36(14-3-1)42-15-4-5-16-43(42)37-25-29-39(30-26-37)55(41-33-34-49-47-19-7-6-17-45(47)46-18-8-9-20-48(46)52(49)35-41)40-31-27-38(28-32-40)44-22-12-23-51-50-21-10-11-24-53(50)56-54(44)51/h1-35H. The highest BCUT2D eigenvalue weighted by Crippen LogP contribution is 2.44. The lowest BCUT2D eigenvalue weighted by atomic mass is 9.93. The van der Waals surface area contributed by atoms with Crippen LogP contribution in [0.1, 0.15) is 0 Å². The first-order valence-corrected chi connectivity index (χ1v) is 20.0. The normalized spacial score (nSPS) is 11.6. The first kappa shape index (κ1) is 32.4. The summed E-state index contributed by atoms with van der Waals surface area (Å²) in [5.74, 6) is 0. The molecule has 0 aliphatic rings. The molecule has 56 heavy (non-hydrogen) atoms. The molecule has 0 radical (unpaired) electrons. The van der Waals surface area contributed by atoms with E-state index in [0.717, 1.165) is 17.1 Å². The van der Waals surface area contributed by atoms with E-state index < -0.39 is 0 Å². The minimum atomic E-state index is 1.11. The summed E-state index contributed by atoms with van der Waals surface area (Å²) in [6, 6.07) is 77.6. The Labute approximate surface area is 330 Å². The molecule has 2 heteroatoms. The van der Waals surface area contributed by atoms with Gasteiger partial charge in [-0.1, -0.05) is 170 Å². The maximum atomic E-state index is 2.40. The van der Waals surface area contributed by atoms with Gasteiger partial charge in [0.1, 0.15) is 0 Å². The summed E-state index contributed by atoms with van der Waals surface area (Å²) >= 11 is 1.88. The van der Waals surface area contributed by atoms with E-state index in [1.165, 1.54) is 85.9 Å². The van der Waals surface area contributed by atoms with Crippen LogP contribution >= 0.6 is 11.3 Å². The number of rotatable bonds is 6. The molecule has 0 aliphatic carbocycles. The Bertz CT molecular complexity index is 3200. The zero-order valence-corrected chi connectivity index (χ0v) is 31.4. The second kappa shape index (κ2) is 13.4. The quantitative estimate of drug-likeness (QED) is 0.154. The highest BCUT2D eigenvalue weighted by Gasteiger charge is 2.18. The van der Waals surface area contributed by atoms with Crippen molar-refractivity contribution >= 4 is 80.9 Å². The van der Waals surface area contributed by atoms with Crippen LogP contribution < -0.4 is 4.90 Å². The molecule has 11 rings (SSSR count). The molecule has 0 saturated heterocycles. The van der Waals surface area contributed by atoms with Gasteiger partial charge in [-0.15, -0.1) is 11.3 Å². The van der Waals surface area contributed by atoms with Crippen molar-refractivity contribution in [2.24, 2.45) is 0 Å². The van der Waals surface area contributed by atoms with Crippen molar-refractivity contribution < 1.29 is 0 Å². The summed E-state index contributed by atoms with van der Waals surface area (Å²) in [6.07, 6.45) is 0. The Morgan fingerprint density at radius 2 is 0.696 bits per heavy atom. The van der Waals surface area contributed by atoms with Crippen molar-refractivity contribution in [3.05, 3.63) is 212 Å². The molecule has 0 amide bonds. The van der Waals surface area contributed by atoms with E-state index in [-0.39, 0.29) is 0 Å². The molecule has 11 aromatic rings. The minimum absolute atomic E-state index is 1.11. The molecule has 0 bridgehead atoms. The molecule has 1 heterocycles. The van der Waals surface area contributed by atoms with E-state index in [1.807, 2.05) is 11.3 Å². The Balaban J connectivity index is 1.07. The van der Waals surface area contributed by atoms with E-state index in [1.54, 1.807) is 0 Å². The van der Waals surface area contributed by atoms with Crippen molar-refractivity contribution in [1.29, 1.82) is 0 Å². The average Bonchev–Trinajstić information content (AvgIpc) is 3.67. The fraction of sp³-hybridized carbons (Fsp3) is 0. The van der Waals surface area contributed by atoms with Gasteiger partial charge < -0.3 is 4.90 Å². The highest BCUT2D eigenvalue weighted by atomic mass is 32.1. The van der Waals surface area contributed by atoms with Crippen molar-refractivity contribution in [3.63, 3.8) is 0 Å². The third-order valence-electron chi connectivity index (χ3n) is 11.3. The van der Waals surface area contributed by atoms with Crippen LogP contribution in [0.3, 0.4) is 0 Å². The monoisotopic (exact) mass is 729 g/mol. The fourth-order valence-corrected chi connectivity index (χ4v) is 9.88. The lowest BCUT2D eigenvalue weighted by molar-refractivity contribution is 1.29. The average molecular weight is 730 g/mol. The zero-order chi connectivity index (χ0) is 37.0. The predicted molar refractivity (Wildman–Crippen MR) is 243 cm³/mol. The molecule has 0 unspecified atom stereocenters. The third kappa shape index (κ3) is 5.38. The van der Waals surface area contributed by atoms with Gasteiger partial charge in [-0.3, -0.25) is 0 Å². The van der Waals surface area contributed by atoms with Crippen molar-refractivity contribution in [2.75, 3.05) is 4.90 Å². The predicted octanol–water partition coefficient (Wildman–Crippen LogP) is 16.0. The first-order valence-electron chi connectivity index (χ1n) is 19.2. The number of hydrogen-bond donors (Lipinski definition) is 0. The van der Waals surface area contributed by atoms with Crippen LogP contribution in [-0.2, 0) is 0 Å². The van der Waals surface area contributed by atoms with Gasteiger partial charge in [0.15, 0.2) is 0 Å². The van der Waals surface area contributed by atoms with E-state index >= 15 is 0 Å². The number of nitrogens with zero attached hydrogens (tertiary/aromatic N) is 1. The van der Waals surface area contributed by atoms with E-state index in [4.69, 9.17) is 0 Å². The van der Waals surface area contributed by atoms with Crippen LogP contribution in [0.2, 0.25) is 0 Å². The molecule has 0 atom stereocenters. The van der Waals surface area contributed by atoms with Gasteiger partial charge in [0.25, 0.3) is 0 Å². The van der Waals surface area contributed by atoms with Crippen LogP contribution in [0.4, 0.5) is 17.1 Å². The number of hydrogen-bond acceptors (Lipinski definition) is 2. The summed E-state index contributed by atoms with van der Waals surface area (Å²) in [5, 5.41) is 10.3. The van der Waals surface area contributed by atoms with Gasteiger partial charge in [-0.2, -0.15) is 0 Å². The molecule has 1 nitrogen and oxygen atoms in total. The molecule has 0 N–H and O–H groups in total. The molecule has 1 aromatic heterocycles. The van der Waals surface area contributed by atoms with Crippen molar-refractivity contribution in [1.82, 2.24) is 0 Å². The van der Waals surface area contributed by atoms with Crippen molar-refractivity contribution in [3.8, 4) is 33.4 Å². The first-order chi connectivity index (χ1) is 27.8. The molecular weight excluding hydrogens is 695 g/mol. The van der Waals surface area contributed by atoms with Gasteiger partial charge in [-0.05, 0) is 108 Å². The van der Waals surface area contributed by atoms with Crippen LogP contribution in [-0.4, -0.2) is 0 Å². The largest absolute Gasteiger partial charge is 0.310 e. The van der Waals surface area contributed by atoms with Gasteiger partial charge >= 0.3 is 0 Å². The summed E-state index contributed by atoms with van der Waals surface area (Å²) < 4.78 is 2.66. The minimum Gasteiger partial charge on any atom is -0.310 e. The summed E-state index contributed by atoms with van der Waals surface area (Å²) in [5.41, 5.74) is 10.7. The van der Waals surface area contributed by atoms with Crippen molar-refractivity contribution in [2.45, 2.75) is 0 Å². The van der Waals surface area contributed by atoms with Gasteiger partial charge in [0, 0.05) is 37.2 Å². The van der Waals surface area contributed by atoms with E-state index in [0.29, 0.717) is 0 Å². The number of fused-ring (bicyclic) bond motifs is 9. The fourth-order valence-electron chi connectivity index (χ4n) is 8.64. The molecule has 0 saturated carbocycles. The Morgan fingerprint density at radius 3 is 1.32 bits per heavy atom. The molecular formula is C54H35NS. The topological polar surface area (TPSA) is 3.24 Å². The van der Waals surface area contributed by atoms with Gasteiger partial charge in [0.2, 0.25) is 0 Å². The Morgan fingerprint density at radius 1 is 0.268 bits per heavy atom. The van der Waals surface area contributed by atoms with Gasteiger partial charge in [0.05, 0.1) is 0 Å². The number of thiophene rings is 1. The Hall–Kier alpha value is -7.00. The summed E-state index contributed by atoms with van der Waals surface area (Å²) in [4.78, 5) is 2.40. The zero-order valence-electron chi connectivity index (χ0n) is 30.6. The maximum absolute atomic E-state index is 2.40. The smallest absolute Gasteiger partial charge is 0.0468 e. The number of benzene rings is 10. The van der Waals surface area contributed by atoms with E-state index in [2.05, 4.69) is 217 Å². The SMILES string of the molecule is c1ccc(-c2ccccc2-c2ccc(N(c3ccc(-c4cccc5c4sc4ccccc45)cc3)c3ccc4c5ccccc5c5ccccc5c4c3)cc2)cc1. The molecule has 262 valence electrons. The molecule has 10 aromatic carbocycles. The molecule has 0 spiro atoms. The molecule has 0 aliphatic heterocycles. The Kier molecular flexibility index (Phi) is 7.75.